The fraction of sp³-hybridized carbons (Fsp3) is 0.562. The molecule has 0 bridgehead atoms. The van der Waals surface area contributed by atoms with E-state index in [2.05, 4.69) is 22.5 Å². The smallest absolute Gasteiger partial charge is 0.124 e. The minimum Gasteiger partial charge on any atom is -0.327 e. The third-order valence-corrected chi connectivity index (χ3v) is 4.96. The molecule has 1 fully saturated rings. The molecule has 108 valence electrons. The summed E-state index contributed by atoms with van der Waals surface area (Å²) in [5, 5.41) is 0.731. The first-order chi connectivity index (χ1) is 9.67. The topological polar surface area (TPSA) is 17.8 Å². The van der Waals surface area contributed by atoms with Crippen molar-refractivity contribution in [3.8, 4) is 0 Å². The molecule has 20 heavy (non-hydrogen) atoms. The Morgan fingerprint density at radius 2 is 2.00 bits per heavy atom. The summed E-state index contributed by atoms with van der Waals surface area (Å²) >= 11 is 12.1. The van der Waals surface area contributed by atoms with Gasteiger partial charge in [0.25, 0.3) is 0 Å². The van der Waals surface area contributed by atoms with Crippen LogP contribution in [0.1, 0.15) is 38.4 Å². The van der Waals surface area contributed by atoms with Crippen molar-refractivity contribution in [1.29, 1.82) is 0 Å². The first-order valence-corrected chi connectivity index (χ1v) is 8.29. The van der Waals surface area contributed by atoms with Crippen molar-refractivity contribution >= 4 is 34.2 Å². The molecule has 2 aromatic rings. The molecule has 1 saturated carbocycles. The van der Waals surface area contributed by atoms with E-state index < -0.39 is 0 Å². The van der Waals surface area contributed by atoms with E-state index in [9.17, 15) is 0 Å². The molecule has 1 aliphatic rings. The Labute approximate surface area is 130 Å². The molecule has 0 radical (unpaired) electrons. The number of nitrogens with zero attached hydrogens (tertiary/aromatic N) is 2. The highest BCUT2D eigenvalue weighted by atomic mass is 35.5. The van der Waals surface area contributed by atoms with Crippen molar-refractivity contribution in [2.45, 2.75) is 45.0 Å². The maximum atomic E-state index is 6.07. The maximum absolute atomic E-state index is 6.07. The normalized spacial score (nSPS) is 23.4. The summed E-state index contributed by atoms with van der Waals surface area (Å²) in [7, 11) is 0. The lowest BCUT2D eigenvalue weighted by molar-refractivity contribution is 0.265. The van der Waals surface area contributed by atoms with Crippen LogP contribution in [0.4, 0.5) is 0 Å². The van der Waals surface area contributed by atoms with Gasteiger partial charge in [0.2, 0.25) is 0 Å². The van der Waals surface area contributed by atoms with Crippen molar-refractivity contribution in [3.63, 3.8) is 0 Å². The number of rotatable bonds is 3. The van der Waals surface area contributed by atoms with Gasteiger partial charge in [0.15, 0.2) is 0 Å². The van der Waals surface area contributed by atoms with Crippen LogP contribution in [-0.4, -0.2) is 9.55 Å². The summed E-state index contributed by atoms with van der Waals surface area (Å²) in [6, 6.07) is 5.92. The lowest BCUT2D eigenvalue weighted by Gasteiger charge is -2.27. The lowest BCUT2D eigenvalue weighted by Crippen LogP contribution is -2.18. The maximum Gasteiger partial charge on any atom is 0.124 e. The van der Waals surface area contributed by atoms with Crippen LogP contribution in [0.3, 0.4) is 0 Å². The predicted molar refractivity (Wildman–Crippen MR) is 85.4 cm³/mol. The van der Waals surface area contributed by atoms with Crippen LogP contribution in [0.25, 0.3) is 11.0 Å². The Hall–Kier alpha value is -0.730. The van der Waals surface area contributed by atoms with Crippen LogP contribution in [0.2, 0.25) is 5.02 Å². The molecule has 0 atom stereocenters. The fourth-order valence-electron chi connectivity index (χ4n) is 3.23. The minimum atomic E-state index is 0.454. The number of benzene rings is 1. The Morgan fingerprint density at radius 1 is 1.25 bits per heavy atom. The van der Waals surface area contributed by atoms with Gasteiger partial charge >= 0.3 is 0 Å². The van der Waals surface area contributed by atoms with Crippen LogP contribution in [0.5, 0.6) is 0 Å². The lowest BCUT2D eigenvalue weighted by atomic mass is 9.83. The van der Waals surface area contributed by atoms with Gasteiger partial charge in [-0.05, 0) is 42.9 Å². The van der Waals surface area contributed by atoms with Crippen LogP contribution in [-0.2, 0) is 12.4 Å². The zero-order valence-electron chi connectivity index (χ0n) is 11.8. The Kier molecular flexibility index (Phi) is 4.23. The second-order valence-electron chi connectivity index (χ2n) is 6.03. The average molecular weight is 311 g/mol. The second kappa shape index (κ2) is 5.95. The van der Waals surface area contributed by atoms with Crippen LogP contribution in [0, 0.1) is 11.8 Å². The number of aromatic nitrogens is 2. The molecule has 1 aromatic heterocycles. The number of alkyl halides is 1. The van der Waals surface area contributed by atoms with Crippen molar-refractivity contribution < 1.29 is 0 Å². The summed E-state index contributed by atoms with van der Waals surface area (Å²) in [6.45, 7) is 3.39. The van der Waals surface area contributed by atoms with Crippen molar-refractivity contribution in [3.05, 3.63) is 29.0 Å². The number of fused-ring (bicyclic) bond motifs is 1. The summed E-state index contributed by atoms with van der Waals surface area (Å²) in [5.41, 5.74) is 2.11. The van der Waals surface area contributed by atoms with Gasteiger partial charge in [-0.15, -0.1) is 11.6 Å². The summed E-state index contributed by atoms with van der Waals surface area (Å²) in [4.78, 5) is 4.62. The molecule has 3 rings (SSSR count). The molecule has 0 unspecified atom stereocenters. The monoisotopic (exact) mass is 310 g/mol. The highest BCUT2D eigenvalue weighted by Gasteiger charge is 2.20. The summed E-state index contributed by atoms with van der Waals surface area (Å²) < 4.78 is 2.29. The van der Waals surface area contributed by atoms with Crippen molar-refractivity contribution in [1.82, 2.24) is 9.55 Å². The van der Waals surface area contributed by atoms with Crippen LogP contribution >= 0.6 is 23.2 Å². The van der Waals surface area contributed by atoms with Crippen molar-refractivity contribution in [2.24, 2.45) is 11.8 Å². The zero-order chi connectivity index (χ0) is 14.1. The highest BCUT2D eigenvalue weighted by molar-refractivity contribution is 6.31. The third-order valence-electron chi connectivity index (χ3n) is 4.49. The van der Waals surface area contributed by atoms with Gasteiger partial charge in [0.05, 0.1) is 16.9 Å². The van der Waals surface area contributed by atoms with Gasteiger partial charge in [-0.3, -0.25) is 0 Å². The van der Waals surface area contributed by atoms with Gasteiger partial charge in [-0.2, -0.15) is 0 Å². The molecule has 1 aromatic carbocycles. The number of hydrogen-bond donors (Lipinski definition) is 0. The molecule has 0 N–H and O–H groups in total. The largest absolute Gasteiger partial charge is 0.327 e. The molecule has 4 heteroatoms. The molecule has 0 amide bonds. The van der Waals surface area contributed by atoms with Gasteiger partial charge in [0.1, 0.15) is 5.82 Å². The quantitative estimate of drug-likeness (QED) is 0.707. The molecular formula is C16H20Cl2N2. The Morgan fingerprint density at radius 3 is 2.70 bits per heavy atom. The van der Waals surface area contributed by atoms with Gasteiger partial charge in [-0.1, -0.05) is 31.4 Å². The van der Waals surface area contributed by atoms with E-state index >= 15 is 0 Å². The van der Waals surface area contributed by atoms with Gasteiger partial charge in [0, 0.05) is 11.6 Å². The molecule has 1 heterocycles. The van der Waals surface area contributed by atoms with E-state index in [0.29, 0.717) is 5.88 Å². The van der Waals surface area contributed by atoms with E-state index in [1.54, 1.807) is 0 Å². The molecule has 0 saturated heterocycles. The number of hydrogen-bond acceptors (Lipinski definition) is 1. The SMILES string of the molecule is CC1CCC(Cn2c(CCl)nc3cc(Cl)ccc32)CC1. The van der Waals surface area contributed by atoms with E-state index in [-0.39, 0.29) is 0 Å². The second-order valence-corrected chi connectivity index (χ2v) is 6.73. The minimum absolute atomic E-state index is 0.454. The molecule has 2 nitrogen and oxygen atoms in total. The highest BCUT2D eigenvalue weighted by Crippen LogP contribution is 2.31. The van der Waals surface area contributed by atoms with E-state index in [0.717, 1.165) is 40.3 Å². The molecule has 0 aliphatic heterocycles. The number of imidazole rings is 1. The van der Waals surface area contributed by atoms with Crippen LogP contribution in [0.15, 0.2) is 18.2 Å². The fourth-order valence-corrected chi connectivity index (χ4v) is 3.60. The first kappa shape index (κ1) is 14.2. The zero-order valence-corrected chi connectivity index (χ0v) is 13.3. The van der Waals surface area contributed by atoms with E-state index in [1.807, 2.05) is 12.1 Å². The molecule has 1 aliphatic carbocycles. The third kappa shape index (κ3) is 2.82. The van der Waals surface area contributed by atoms with Crippen LogP contribution < -0.4 is 0 Å². The standard InChI is InChI=1S/C16H20Cl2N2/c1-11-2-4-12(5-3-11)10-20-15-7-6-13(18)8-14(15)19-16(20)9-17/h6-8,11-12H,2-5,9-10H2,1H3. The number of halogens is 2. The van der Waals surface area contributed by atoms with E-state index in [4.69, 9.17) is 23.2 Å². The average Bonchev–Trinajstić information content (AvgIpc) is 2.78. The molecular weight excluding hydrogens is 291 g/mol. The van der Waals surface area contributed by atoms with Gasteiger partial charge in [-0.25, -0.2) is 4.98 Å². The molecule has 0 spiro atoms. The van der Waals surface area contributed by atoms with Crippen molar-refractivity contribution in [2.75, 3.05) is 0 Å². The Balaban J connectivity index is 1.89. The first-order valence-electron chi connectivity index (χ1n) is 7.38. The van der Waals surface area contributed by atoms with E-state index in [1.165, 1.54) is 25.7 Å². The summed E-state index contributed by atoms with van der Waals surface area (Å²) in [5.74, 6) is 3.05. The van der Waals surface area contributed by atoms with Gasteiger partial charge < -0.3 is 4.57 Å². The Bertz CT molecular complexity index is 598. The predicted octanol–water partition coefficient (Wildman–Crippen LogP) is 5.25. The summed E-state index contributed by atoms with van der Waals surface area (Å²) in [6.07, 6.45) is 5.32.